The van der Waals surface area contributed by atoms with Crippen molar-refractivity contribution in [2.24, 2.45) is 0 Å². The standard InChI is InChI=1S/C17H19NO2S/c1-2-14-8-9-16(21-14)17(19)18-10-11-20-15(12-18)13-6-4-3-5-7-13/h3-9,15H,2,10-12H2,1H3/t15-/m0/s1. The second-order valence-corrected chi connectivity index (χ2v) is 6.31. The highest BCUT2D eigenvalue weighted by Gasteiger charge is 2.26. The summed E-state index contributed by atoms with van der Waals surface area (Å²) in [6.07, 6.45) is 0.961. The molecule has 2 aromatic rings. The lowest BCUT2D eigenvalue weighted by molar-refractivity contribution is -0.0226. The van der Waals surface area contributed by atoms with Crippen molar-refractivity contribution in [1.82, 2.24) is 4.90 Å². The largest absolute Gasteiger partial charge is 0.370 e. The molecule has 4 heteroatoms. The van der Waals surface area contributed by atoms with Crippen LogP contribution in [0.15, 0.2) is 42.5 Å². The fourth-order valence-electron chi connectivity index (χ4n) is 2.54. The molecule has 2 heterocycles. The fraction of sp³-hybridized carbons (Fsp3) is 0.353. The number of nitrogens with zero attached hydrogens (tertiary/aromatic N) is 1. The van der Waals surface area contributed by atoms with E-state index in [4.69, 9.17) is 4.74 Å². The van der Waals surface area contributed by atoms with Gasteiger partial charge in [-0.25, -0.2) is 0 Å². The van der Waals surface area contributed by atoms with Crippen LogP contribution >= 0.6 is 11.3 Å². The van der Waals surface area contributed by atoms with Crippen molar-refractivity contribution in [2.45, 2.75) is 19.4 Å². The van der Waals surface area contributed by atoms with E-state index in [2.05, 4.69) is 19.1 Å². The summed E-state index contributed by atoms with van der Waals surface area (Å²) >= 11 is 1.60. The summed E-state index contributed by atoms with van der Waals surface area (Å²) in [4.78, 5) is 16.6. The topological polar surface area (TPSA) is 29.5 Å². The zero-order valence-corrected chi connectivity index (χ0v) is 12.9. The lowest BCUT2D eigenvalue weighted by Gasteiger charge is -2.33. The van der Waals surface area contributed by atoms with Gasteiger partial charge in [0, 0.05) is 11.4 Å². The molecule has 1 aromatic carbocycles. The van der Waals surface area contributed by atoms with Crippen LogP contribution in [0.3, 0.4) is 0 Å². The Morgan fingerprint density at radius 3 is 2.81 bits per heavy atom. The number of rotatable bonds is 3. The molecule has 0 spiro atoms. The molecule has 3 rings (SSSR count). The van der Waals surface area contributed by atoms with Gasteiger partial charge in [0.2, 0.25) is 0 Å². The van der Waals surface area contributed by atoms with Crippen LogP contribution in [0.5, 0.6) is 0 Å². The van der Waals surface area contributed by atoms with E-state index in [-0.39, 0.29) is 12.0 Å². The molecule has 3 nitrogen and oxygen atoms in total. The van der Waals surface area contributed by atoms with Gasteiger partial charge in [-0.05, 0) is 24.1 Å². The van der Waals surface area contributed by atoms with Crippen molar-refractivity contribution >= 4 is 17.2 Å². The molecule has 0 radical (unpaired) electrons. The fourth-order valence-corrected chi connectivity index (χ4v) is 3.46. The quantitative estimate of drug-likeness (QED) is 0.868. The Morgan fingerprint density at radius 2 is 2.10 bits per heavy atom. The highest BCUT2D eigenvalue weighted by molar-refractivity contribution is 7.14. The Balaban J connectivity index is 1.72. The van der Waals surface area contributed by atoms with Gasteiger partial charge in [0.1, 0.15) is 6.10 Å². The first-order valence-corrected chi connectivity index (χ1v) is 8.14. The first-order chi connectivity index (χ1) is 10.3. The molecule has 0 unspecified atom stereocenters. The van der Waals surface area contributed by atoms with Crippen LogP contribution in [-0.2, 0) is 11.2 Å². The number of hydrogen-bond donors (Lipinski definition) is 0. The van der Waals surface area contributed by atoms with E-state index in [0.29, 0.717) is 19.7 Å². The summed E-state index contributed by atoms with van der Waals surface area (Å²) in [6, 6.07) is 14.1. The molecule has 1 amide bonds. The summed E-state index contributed by atoms with van der Waals surface area (Å²) in [7, 11) is 0. The number of ether oxygens (including phenoxy) is 1. The van der Waals surface area contributed by atoms with Gasteiger partial charge in [0.05, 0.1) is 18.0 Å². The molecule has 1 aromatic heterocycles. The van der Waals surface area contributed by atoms with Gasteiger partial charge in [-0.2, -0.15) is 0 Å². The normalized spacial score (nSPS) is 18.7. The number of aryl methyl sites for hydroxylation is 1. The number of carbonyl (C=O) groups is 1. The Labute approximate surface area is 129 Å². The van der Waals surface area contributed by atoms with E-state index in [1.54, 1.807) is 11.3 Å². The van der Waals surface area contributed by atoms with Crippen molar-refractivity contribution < 1.29 is 9.53 Å². The minimum atomic E-state index is -0.0190. The maximum atomic E-state index is 12.6. The summed E-state index contributed by atoms with van der Waals surface area (Å²) in [5.41, 5.74) is 1.13. The third kappa shape index (κ3) is 3.17. The third-order valence-corrected chi connectivity index (χ3v) is 4.96. The Morgan fingerprint density at radius 1 is 1.29 bits per heavy atom. The van der Waals surface area contributed by atoms with Crippen molar-refractivity contribution in [3.05, 3.63) is 57.8 Å². The monoisotopic (exact) mass is 301 g/mol. The SMILES string of the molecule is CCc1ccc(C(=O)N2CCO[C@H](c3ccccc3)C2)s1. The molecule has 110 valence electrons. The summed E-state index contributed by atoms with van der Waals surface area (Å²) < 4.78 is 5.82. The number of hydrogen-bond acceptors (Lipinski definition) is 3. The van der Waals surface area contributed by atoms with Crippen LogP contribution in [0.2, 0.25) is 0 Å². The predicted octanol–water partition coefficient (Wildman–Crippen LogP) is 3.52. The molecule has 1 fully saturated rings. The number of benzene rings is 1. The second-order valence-electron chi connectivity index (χ2n) is 5.14. The van der Waals surface area contributed by atoms with Crippen molar-refractivity contribution in [2.75, 3.05) is 19.7 Å². The number of carbonyl (C=O) groups excluding carboxylic acids is 1. The van der Waals surface area contributed by atoms with Gasteiger partial charge in [0.25, 0.3) is 5.91 Å². The highest BCUT2D eigenvalue weighted by atomic mass is 32.1. The number of thiophene rings is 1. The summed E-state index contributed by atoms with van der Waals surface area (Å²) in [5.74, 6) is 0.129. The molecule has 1 aliphatic rings. The van der Waals surface area contributed by atoms with Crippen LogP contribution in [0.25, 0.3) is 0 Å². The molecule has 1 atom stereocenters. The first-order valence-electron chi connectivity index (χ1n) is 7.32. The van der Waals surface area contributed by atoms with Gasteiger partial charge < -0.3 is 9.64 Å². The van der Waals surface area contributed by atoms with Crippen LogP contribution in [-0.4, -0.2) is 30.5 Å². The minimum Gasteiger partial charge on any atom is -0.370 e. The van der Waals surface area contributed by atoms with E-state index in [1.807, 2.05) is 35.2 Å². The zero-order chi connectivity index (χ0) is 14.7. The summed E-state index contributed by atoms with van der Waals surface area (Å²) in [5, 5.41) is 0. The molecule has 21 heavy (non-hydrogen) atoms. The lowest BCUT2D eigenvalue weighted by atomic mass is 10.1. The molecule has 1 aliphatic heterocycles. The molecular formula is C17H19NO2S. The van der Waals surface area contributed by atoms with Crippen LogP contribution in [0, 0.1) is 0 Å². The Kier molecular flexibility index (Phi) is 4.36. The third-order valence-electron chi connectivity index (χ3n) is 3.75. The molecule has 0 N–H and O–H groups in total. The predicted molar refractivity (Wildman–Crippen MR) is 84.7 cm³/mol. The minimum absolute atomic E-state index is 0.0190. The maximum absolute atomic E-state index is 12.6. The highest BCUT2D eigenvalue weighted by Crippen LogP contribution is 2.25. The Hall–Kier alpha value is -1.65. The van der Waals surface area contributed by atoms with Gasteiger partial charge in [-0.1, -0.05) is 37.3 Å². The number of morpholine rings is 1. The first kappa shape index (κ1) is 14.3. The molecule has 0 aliphatic carbocycles. The molecule has 0 saturated carbocycles. The average Bonchev–Trinajstić information content (AvgIpc) is 3.04. The van der Waals surface area contributed by atoms with Crippen LogP contribution in [0.1, 0.15) is 33.1 Å². The van der Waals surface area contributed by atoms with Crippen molar-refractivity contribution in [3.8, 4) is 0 Å². The van der Waals surface area contributed by atoms with Gasteiger partial charge in [-0.15, -0.1) is 11.3 Å². The smallest absolute Gasteiger partial charge is 0.264 e. The maximum Gasteiger partial charge on any atom is 0.264 e. The van der Waals surface area contributed by atoms with E-state index < -0.39 is 0 Å². The van der Waals surface area contributed by atoms with Crippen molar-refractivity contribution in [3.63, 3.8) is 0 Å². The van der Waals surface area contributed by atoms with Crippen molar-refractivity contribution in [1.29, 1.82) is 0 Å². The van der Waals surface area contributed by atoms with E-state index >= 15 is 0 Å². The lowest BCUT2D eigenvalue weighted by Crippen LogP contribution is -2.42. The van der Waals surface area contributed by atoms with E-state index in [9.17, 15) is 4.79 Å². The van der Waals surface area contributed by atoms with Gasteiger partial charge in [-0.3, -0.25) is 4.79 Å². The van der Waals surface area contributed by atoms with Gasteiger partial charge in [0.15, 0.2) is 0 Å². The zero-order valence-electron chi connectivity index (χ0n) is 12.1. The van der Waals surface area contributed by atoms with E-state index in [1.165, 1.54) is 4.88 Å². The average molecular weight is 301 g/mol. The molecule has 1 saturated heterocycles. The van der Waals surface area contributed by atoms with E-state index in [0.717, 1.165) is 16.9 Å². The molecular weight excluding hydrogens is 282 g/mol. The summed E-state index contributed by atoms with van der Waals surface area (Å²) in [6.45, 7) is 4.00. The van der Waals surface area contributed by atoms with Crippen LogP contribution < -0.4 is 0 Å². The second kappa shape index (κ2) is 6.41. The Bertz CT molecular complexity index is 608. The van der Waals surface area contributed by atoms with Crippen LogP contribution in [0.4, 0.5) is 0 Å². The number of amides is 1. The molecule has 0 bridgehead atoms. The van der Waals surface area contributed by atoms with Gasteiger partial charge >= 0.3 is 0 Å².